The van der Waals surface area contributed by atoms with Gasteiger partial charge >= 0.3 is 0 Å². The zero-order chi connectivity index (χ0) is 16.1. The highest BCUT2D eigenvalue weighted by molar-refractivity contribution is 7.92. The van der Waals surface area contributed by atoms with Crippen LogP contribution in [0.4, 0.5) is 0 Å². The van der Waals surface area contributed by atoms with Crippen LogP contribution >= 0.6 is 18.5 Å². The van der Waals surface area contributed by atoms with Crippen molar-refractivity contribution in [3.05, 3.63) is 0 Å². The number of rotatable bonds is 4. The van der Waals surface area contributed by atoms with Crippen molar-refractivity contribution in [2.45, 2.75) is 88.9 Å². The highest BCUT2D eigenvalue weighted by Gasteiger charge is 2.65. The summed E-state index contributed by atoms with van der Waals surface area (Å²) in [4.78, 5) is 0. The van der Waals surface area contributed by atoms with Gasteiger partial charge in [0.25, 0.3) is 0 Å². The standard InChI is InChI=1S/C14H36ClPSi3/c1-13(2,3)16(15)14(17(4,5)6,18(7,8)9)19(10,11)12/h1-12H3. The molecule has 0 aliphatic carbocycles. The summed E-state index contributed by atoms with van der Waals surface area (Å²) in [6.07, 6.45) is 0. The second kappa shape index (κ2) is 5.53. The van der Waals surface area contributed by atoms with Crippen LogP contribution in [0, 0.1) is 0 Å². The molecular formula is C14H36ClPSi3. The van der Waals surface area contributed by atoms with Crippen molar-refractivity contribution in [3.63, 3.8) is 0 Å². The van der Waals surface area contributed by atoms with E-state index >= 15 is 0 Å². The highest BCUT2D eigenvalue weighted by Crippen LogP contribution is 2.71. The van der Waals surface area contributed by atoms with Crippen LogP contribution in [0.2, 0.25) is 58.9 Å². The van der Waals surface area contributed by atoms with E-state index in [4.69, 9.17) is 11.2 Å². The van der Waals surface area contributed by atoms with E-state index in [1.54, 1.807) is 0 Å². The monoisotopic (exact) mass is 354 g/mol. The minimum atomic E-state index is -1.36. The largest absolute Gasteiger partial charge is 0.0962 e. The van der Waals surface area contributed by atoms with Crippen molar-refractivity contribution in [1.29, 1.82) is 0 Å². The van der Waals surface area contributed by atoms with Gasteiger partial charge in [-0.3, -0.25) is 0 Å². The molecule has 116 valence electrons. The minimum absolute atomic E-state index is 0.248. The third-order valence-corrected chi connectivity index (χ3v) is 37.5. The molecule has 0 amide bonds. The van der Waals surface area contributed by atoms with Gasteiger partial charge in [0, 0.05) is 0 Å². The van der Waals surface area contributed by atoms with Gasteiger partial charge < -0.3 is 0 Å². The fraction of sp³-hybridized carbons (Fsp3) is 1.00. The Bertz CT molecular complexity index is 280. The van der Waals surface area contributed by atoms with Gasteiger partial charge in [0.05, 0.1) is 24.2 Å². The van der Waals surface area contributed by atoms with Crippen molar-refractivity contribution < 1.29 is 0 Å². The molecule has 1 atom stereocenters. The SMILES string of the molecule is CC(C)(C)P(Cl)C([Si](C)(C)C)([Si](C)(C)C)[Si](C)(C)C. The second-order valence-corrected chi connectivity index (χ2v) is 32.0. The van der Waals surface area contributed by atoms with Gasteiger partial charge in [-0.25, -0.2) is 0 Å². The van der Waals surface area contributed by atoms with Crippen LogP contribution in [0.15, 0.2) is 0 Å². The molecule has 0 aromatic heterocycles. The third kappa shape index (κ3) is 3.59. The van der Waals surface area contributed by atoms with E-state index in [1.807, 2.05) is 0 Å². The maximum absolute atomic E-state index is 7.30. The quantitative estimate of drug-likeness (QED) is 0.385. The molecule has 0 spiro atoms. The van der Waals surface area contributed by atoms with Crippen molar-refractivity contribution >= 4 is 42.7 Å². The molecule has 0 rings (SSSR count). The minimum Gasteiger partial charge on any atom is -0.0962 e. The molecule has 0 N–H and O–H groups in total. The summed E-state index contributed by atoms with van der Waals surface area (Å²) in [5, 5.41) is 0.248. The van der Waals surface area contributed by atoms with E-state index in [-0.39, 0.29) is 5.16 Å². The highest BCUT2D eigenvalue weighted by atomic mass is 35.7. The molecule has 19 heavy (non-hydrogen) atoms. The summed E-state index contributed by atoms with van der Waals surface area (Å²) >= 11 is 7.30. The third-order valence-electron chi connectivity index (χ3n) is 4.14. The smallest absolute Gasteiger partial charge is 0.0512 e. The molecule has 0 bridgehead atoms. The molecule has 0 aliphatic rings. The maximum atomic E-state index is 7.30. The summed E-state index contributed by atoms with van der Waals surface area (Å²) in [6, 6.07) is 0. The fourth-order valence-corrected chi connectivity index (χ4v) is 49.7. The Balaban J connectivity index is 6.45. The maximum Gasteiger partial charge on any atom is 0.0512 e. The Kier molecular flexibility index (Phi) is 5.93. The number of hydrogen-bond donors (Lipinski definition) is 0. The van der Waals surface area contributed by atoms with E-state index in [0.29, 0.717) is 4.03 Å². The first-order chi connectivity index (χ1) is 7.90. The van der Waals surface area contributed by atoms with Crippen LogP contribution in [0.25, 0.3) is 0 Å². The van der Waals surface area contributed by atoms with Crippen LogP contribution in [0.5, 0.6) is 0 Å². The van der Waals surface area contributed by atoms with Crippen LogP contribution in [0.1, 0.15) is 20.8 Å². The van der Waals surface area contributed by atoms with E-state index in [0.717, 1.165) is 0 Å². The first-order valence-electron chi connectivity index (χ1n) is 7.37. The predicted octanol–water partition coefficient (Wildman–Crippen LogP) is 6.79. The number of halogens is 1. The molecule has 0 saturated carbocycles. The molecular weight excluding hydrogens is 319 g/mol. The molecule has 0 radical (unpaired) electrons. The zero-order valence-corrected chi connectivity index (χ0v) is 20.0. The number of hydrogen-bond acceptors (Lipinski definition) is 0. The Morgan fingerprint density at radius 1 is 0.632 bits per heavy atom. The van der Waals surface area contributed by atoms with Gasteiger partial charge in [0.15, 0.2) is 0 Å². The molecule has 0 saturated heterocycles. The van der Waals surface area contributed by atoms with E-state index in [1.165, 1.54) is 0 Å². The molecule has 0 aromatic rings. The zero-order valence-electron chi connectivity index (χ0n) is 15.3. The van der Waals surface area contributed by atoms with Crippen molar-refractivity contribution in [1.82, 2.24) is 0 Å². The predicted molar refractivity (Wildman–Crippen MR) is 105 cm³/mol. The molecule has 0 aliphatic heterocycles. The summed E-state index contributed by atoms with van der Waals surface area (Å²) < 4.78 is 0.502. The second-order valence-electron chi connectivity index (χ2n) is 9.91. The first-order valence-corrected chi connectivity index (χ1v) is 20.1. The Labute approximate surface area is 131 Å². The average Bonchev–Trinajstić information content (AvgIpc) is 1.92. The molecule has 0 heterocycles. The van der Waals surface area contributed by atoms with Gasteiger partial charge in [-0.2, -0.15) is 0 Å². The lowest BCUT2D eigenvalue weighted by atomic mass is 10.3. The first kappa shape index (κ1) is 20.4. The molecule has 0 fully saturated rings. The molecule has 1 unspecified atom stereocenters. The van der Waals surface area contributed by atoms with Crippen molar-refractivity contribution in [3.8, 4) is 0 Å². The van der Waals surface area contributed by atoms with Gasteiger partial charge in [-0.15, -0.1) is 0 Å². The molecule has 0 nitrogen and oxygen atoms in total. The van der Waals surface area contributed by atoms with Crippen LogP contribution in [0.3, 0.4) is 0 Å². The van der Waals surface area contributed by atoms with Crippen LogP contribution in [-0.2, 0) is 0 Å². The molecule has 5 heteroatoms. The summed E-state index contributed by atoms with van der Waals surface area (Å²) in [6.45, 7) is 30.3. The lowest BCUT2D eigenvalue weighted by Crippen LogP contribution is -2.76. The van der Waals surface area contributed by atoms with Gasteiger partial charge in [0.2, 0.25) is 0 Å². The van der Waals surface area contributed by atoms with Crippen LogP contribution < -0.4 is 0 Å². The van der Waals surface area contributed by atoms with Gasteiger partial charge in [-0.05, 0) is 16.5 Å². The van der Waals surface area contributed by atoms with Crippen molar-refractivity contribution in [2.75, 3.05) is 0 Å². The van der Waals surface area contributed by atoms with Gasteiger partial charge in [-0.1, -0.05) is 90.9 Å². The Hall–Kier alpha value is 1.37. The Morgan fingerprint density at radius 2 is 0.842 bits per heavy atom. The lowest BCUT2D eigenvalue weighted by Gasteiger charge is -2.63. The molecule has 0 aromatic carbocycles. The summed E-state index contributed by atoms with van der Waals surface area (Å²) in [7, 11) is -4.56. The average molecular weight is 355 g/mol. The summed E-state index contributed by atoms with van der Waals surface area (Å²) in [5.41, 5.74) is 0. The summed E-state index contributed by atoms with van der Waals surface area (Å²) in [5.74, 6) is 0. The van der Waals surface area contributed by atoms with E-state index in [9.17, 15) is 0 Å². The lowest BCUT2D eigenvalue weighted by molar-refractivity contribution is 0.786. The fourth-order valence-electron chi connectivity index (χ4n) is 4.76. The Morgan fingerprint density at radius 3 is 0.895 bits per heavy atom. The van der Waals surface area contributed by atoms with Crippen LogP contribution in [-0.4, -0.2) is 33.4 Å². The normalized spacial score (nSPS) is 17.5. The van der Waals surface area contributed by atoms with E-state index in [2.05, 4.69) is 79.7 Å². The van der Waals surface area contributed by atoms with Crippen molar-refractivity contribution in [2.24, 2.45) is 0 Å². The van der Waals surface area contributed by atoms with E-state index < -0.39 is 31.5 Å². The topological polar surface area (TPSA) is 0 Å². The van der Waals surface area contributed by atoms with Gasteiger partial charge in [0.1, 0.15) is 0 Å².